The van der Waals surface area contributed by atoms with Gasteiger partial charge in [0.1, 0.15) is 0 Å². The van der Waals surface area contributed by atoms with Gasteiger partial charge in [-0.2, -0.15) is 0 Å². The quantitative estimate of drug-likeness (QED) is 0.838. The van der Waals surface area contributed by atoms with E-state index < -0.39 is 0 Å². The second-order valence-electron chi connectivity index (χ2n) is 6.84. The van der Waals surface area contributed by atoms with Gasteiger partial charge >= 0.3 is 0 Å². The fourth-order valence-electron chi connectivity index (χ4n) is 4.25. The highest BCUT2D eigenvalue weighted by atomic mass is 15.2. The van der Waals surface area contributed by atoms with E-state index in [9.17, 15) is 0 Å². The van der Waals surface area contributed by atoms with Crippen LogP contribution in [-0.2, 0) is 0 Å². The van der Waals surface area contributed by atoms with Crippen LogP contribution in [0.3, 0.4) is 0 Å². The molecule has 0 aromatic carbocycles. The Morgan fingerprint density at radius 3 is 2.63 bits per heavy atom. The summed E-state index contributed by atoms with van der Waals surface area (Å²) in [5, 5.41) is 3.89. The largest absolute Gasteiger partial charge is 0.314 e. The molecule has 2 atom stereocenters. The van der Waals surface area contributed by atoms with Crippen molar-refractivity contribution in [2.24, 2.45) is 5.92 Å². The van der Waals surface area contributed by atoms with Gasteiger partial charge in [-0.3, -0.25) is 0 Å². The lowest BCUT2D eigenvalue weighted by Crippen LogP contribution is -2.47. The molecule has 0 aromatic rings. The monoisotopic (exact) mass is 265 g/mol. The van der Waals surface area contributed by atoms with Crippen LogP contribution in [0.5, 0.6) is 0 Å². The highest BCUT2D eigenvalue weighted by Gasteiger charge is 2.31. The van der Waals surface area contributed by atoms with E-state index in [1.54, 1.807) is 0 Å². The lowest BCUT2D eigenvalue weighted by atomic mass is 9.94. The van der Waals surface area contributed by atoms with Gasteiger partial charge < -0.3 is 15.1 Å². The van der Waals surface area contributed by atoms with Crippen molar-refractivity contribution >= 4 is 0 Å². The number of hydrogen-bond donors (Lipinski definition) is 1. The van der Waals surface area contributed by atoms with Gasteiger partial charge in [0, 0.05) is 12.1 Å². The SMILES string of the molecule is CCN1CCC(CNC2CCN3CCCC3C2)CC1. The van der Waals surface area contributed by atoms with Crippen molar-refractivity contribution < 1.29 is 0 Å². The lowest BCUT2D eigenvalue weighted by Gasteiger charge is -2.37. The molecule has 3 saturated heterocycles. The summed E-state index contributed by atoms with van der Waals surface area (Å²) < 4.78 is 0. The number of nitrogens with one attached hydrogen (secondary N) is 1. The molecule has 3 heteroatoms. The molecule has 19 heavy (non-hydrogen) atoms. The average Bonchev–Trinajstić information content (AvgIpc) is 2.93. The van der Waals surface area contributed by atoms with E-state index in [0.29, 0.717) is 0 Å². The summed E-state index contributed by atoms with van der Waals surface area (Å²) in [4.78, 5) is 5.31. The first-order chi connectivity index (χ1) is 9.35. The van der Waals surface area contributed by atoms with E-state index in [2.05, 4.69) is 22.0 Å². The van der Waals surface area contributed by atoms with Crippen molar-refractivity contribution in [2.45, 2.75) is 57.5 Å². The van der Waals surface area contributed by atoms with Crippen molar-refractivity contribution in [1.29, 1.82) is 0 Å². The fourth-order valence-corrected chi connectivity index (χ4v) is 4.25. The Labute approximate surface area is 118 Å². The molecule has 0 bridgehead atoms. The predicted octanol–water partition coefficient (Wildman–Crippen LogP) is 1.93. The number of nitrogens with zero attached hydrogens (tertiary/aromatic N) is 2. The minimum atomic E-state index is 0.809. The Bertz CT molecular complexity index is 273. The molecule has 3 aliphatic rings. The summed E-state index contributed by atoms with van der Waals surface area (Å²) in [5.41, 5.74) is 0. The molecular formula is C16H31N3. The van der Waals surface area contributed by atoms with Crippen LogP contribution in [0.1, 0.15) is 45.4 Å². The lowest BCUT2D eigenvalue weighted by molar-refractivity contribution is 0.153. The number of piperidine rings is 2. The molecule has 3 aliphatic heterocycles. The Kier molecular flexibility index (Phi) is 4.78. The highest BCUT2D eigenvalue weighted by molar-refractivity contribution is 4.89. The molecule has 3 nitrogen and oxygen atoms in total. The zero-order valence-electron chi connectivity index (χ0n) is 12.6. The second kappa shape index (κ2) is 6.55. The summed E-state index contributed by atoms with van der Waals surface area (Å²) >= 11 is 0. The van der Waals surface area contributed by atoms with Gasteiger partial charge in [0.05, 0.1) is 0 Å². The smallest absolute Gasteiger partial charge is 0.0111 e. The normalized spacial score (nSPS) is 34.6. The van der Waals surface area contributed by atoms with E-state index in [0.717, 1.165) is 18.0 Å². The Hall–Kier alpha value is -0.120. The molecule has 1 N–H and O–H groups in total. The van der Waals surface area contributed by atoms with Gasteiger partial charge in [-0.25, -0.2) is 0 Å². The first kappa shape index (κ1) is 13.8. The van der Waals surface area contributed by atoms with Crippen molar-refractivity contribution in [2.75, 3.05) is 39.3 Å². The van der Waals surface area contributed by atoms with Crippen LogP contribution in [0.15, 0.2) is 0 Å². The zero-order valence-corrected chi connectivity index (χ0v) is 12.6. The standard InChI is InChI=1S/C16H31N3/c1-2-18-9-5-14(6-10-18)13-17-15-7-11-19-8-3-4-16(19)12-15/h14-17H,2-13H2,1H3. The van der Waals surface area contributed by atoms with Gasteiger partial charge in [-0.1, -0.05) is 6.92 Å². The third kappa shape index (κ3) is 3.50. The van der Waals surface area contributed by atoms with E-state index >= 15 is 0 Å². The minimum absolute atomic E-state index is 0.809. The maximum absolute atomic E-state index is 3.89. The van der Waals surface area contributed by atoms with Crippen molar-refractivity contribution in [3.05, 3.63) is 0 Å². The van der Waals surface area contributed by atoms with Gasteiger partial charge in [0.25, 0.3) is 0 Å². The first-order valence-electron chi connectivity index (χ1n) is 8.55. The zero-order chi connectivity index (χ0) is 13.1. The van der Waals surface area contributed by atoms with Crippen LogP contribution in [0.2, 0.25) is 0 Å². The van der Waals surface area contributed by atoms with Gasteiger partial charge in [-0.05, 0) is 83.7 Å². The number of rotatable bonds is 4. The molecule has 3 heterocycles. The van der Waals surface area contributed by atoms with Gasteiger partial charge in [0.2, 0.25) is 0 Å². The van der Waals surface area contributed by atoms with Gasteiger partial charge in [0.15, 0.2) is 0 Å². The Balaban J connectivity index is 1.36. The second-order valence-corrected chi connectivity index (χ2v) is 6.84. The molecule has 110 valence electrons. The maximum atomic E-state index is 3.89. The summed E-state index contributed by atoms with van der Waals surface area (Å²) in [5.74, 6) is 0.935. The molecule has 3 rings (SSSR count). The topological polar surface area (TPSA) is 18.5 Å². The summed E-state index contributed by atoms with van der Waals surface area (Å²) in [6.07, 6.45) is 8.49. The fraction of sp³-hybridized carbons (Fsp3) is 1.00. The summed E-state index contributed by atoms with van der Waals surface area (Å²) in [7, 11) is 0. The van der Waals surface area contributed by atoms with Crippen LogP contribution in [0.25, 0.3) is 0 Å². The molecule has 0 radical (unpaired) electrons. The van der Waals surface area contributed by atoms with Crippen LogP contribution in [0.4, 0.5) is 0 Å². The molecule has 2 unspecified atom stereocenters. The third-order valence-electron chi connectivity index (χ3n) is 5.67. The number of fused-ring (bicyclic) bond motifs is 1. The number of likely N-dealkylation sites (tertiary alicyclic amines) is 1. The van der Waals surface area contributed by atoms with Crippen molar-refractivity contribution in [3.63, 3.8) is 0 Å². The molecule has 0 saturated carbocycles. The van der Waals surface area contributed by atoms with Crippen LogP contribution in [0, 0.1) is 5.92 Å². The minimum Gasteiger partial charge on any atom is -0.314 e. The van der Waals surface area contributed by atoms with Gasteiger partial charge in [-0.15, -0.1) is 0 Å². The van der Waals surface area contributed by atoms with Crippen LogP contribution < -0.4 is 5.32 Å². The molecule has 3 fully saturated rings. The first-order valence-corrected chi connectivity index (χ1v) is 8.55. The molecule has 0 aromatic heterocycles. The van der Waals surface area contributed by atoms with Crippen LogP contribution >= 0.6 is 0 Å². The van der Waals surface area contributed by atoms with Crippen molar-refractivity contribution in [3.8, 4) is 0 Å². The average molecular weight is 265 g/mol. The van der Waals surface area contributed by atoms with Crippen molar-refractivity contribution in [1.82, 2.24) is 15.1 Å². The predicted molar refractivity (Wildman–Crippen MR) is 80.5 cm³/mol. The third-order valence-corrected chi connectivity index (χ3v) is 5.67. The summed E-state index contributed by atoms with van der Waals surface area (Å²) in [6, 6.07) is 1.72. The summed E-state index contributed by atoms with van der Waals surface area (Å²) in [6.45, 7) is 10.2. The highest BCUT2D eigenvalue weighted by Crippen LogP contribution is 2.27. The molecule has 0 spiro atoms. The Morgan fingerprint density at radius 1 is 1.00 bits per heavy atom. The maximum Gasteiger partial charge on any atom is 0.0111 e. The molecule has 0 aliphatic carbocycles. The van der Waals surface area contributed by atoms with E-state index in [1.807, 2.05) is 0 Å². The van der Waals surface area contributed by atoms with E-state index in [1.165, 1.54) is 77.8 Å². The Morgan fingerprint density at radius 2 is 1.84 bits per heavy atom. The van der Waals surface area contributed by atoms with Crippen LogP contribution in [-0.4, -0.2) is 61.2 Å². The van der Waals surface area contributed by atoms with E-state index in [-0.39, 0.29) is 0 Å². The van der Waals surface area contributed by atoms with E-state index in [4.69, 9.17) is 0 Å². The molecule has 0 amide bonds. The molecular weight excluding hydrogens is 234 g/mol. The number of hydrogen-bond acceptors (Lipinski definition) is 3.